The second-order valence-corrected chi connectivity index (χ2v) is 20.4. The molecule has 0 radical (unpaired) electrons. The number of rotatable bonds is 11. The molecular formula is C62H97B5O11. The normalized spacial score (nSPS) is 18.9. The number of hydrogen-bond donors (Lipinski definition) is 3. The molecule has 16 heteroatoms. The fourth-order valence-electron chi connectivity index (χ4n) is 8.23. The third-order valence-electron chi connectivity index (χ3n) is 14.2. The summed E-state index contributed by atoms with van der Waals surface area (Å²) in [5, 5.41) is 26.3. The predicted molar refractivity (Wildman–Crippen MR) is 336 cm³/mol. The number of aryl methyl sites for hydroxylation is 6. The van der Waals surface area contributed by atoms with Gasteiger partial charge in [0.2, 0.25) is 0 Å². The lowest BCUT2D eigenvalue weighted by molar-refractivity contribution is 0.0842. The van der Waals surface area contributed by atoms with Crippen molar-refractivity contribution in [3.05, 3.63) is 179 Å². The third-order valence-corrected chi connectivity index (χ3v) is 14.2. The Hall–Kier alpha value is -4.96. The van der Waals surface area contributed by atoms with E-state index in [-0.39, 0.29) is 67.1 Å². The number of benzene rings is 6. The Kier molecular flexibility index (Phi) is 27.0. The summed E-state index contributed by atoms with van der Waals surface area (Å²) < 4.78 is 45.0. The van der Waals surface area contributed by atoms with Crippen LogP contribution < -0.4 is 27.3 Å². The molecule has 4 heterocycles. The van der Waals surface area contributed by atoms with Gasteiger partial charge in [0.1, 0.15) is 5.75 Å². The Morgan fingerprint density at radius 3 is 1.09 bits per heavy atom. The quantitative estimate of drug-likeness (QED) is 0.107. The molecule has 4 aliphatic heterocycles. The maximum Gasteiger partial charge on any atom is 0.494 e. The summed E-state index contributed by atoms with van der Waals surface area (Å²) in [4.78, 5) is 0. The lowest BCUT2D eigenvalue weighted by Gasteiger charge is -2.21. The van der Waals surface area contributed by atoms with Gasteiger partial charge in [0, 0.05) is 8.56 Å². The van der Waals surface area contributed by atoms with Gasteiger partial charge in [-0.2, -0.15) is 0 Å². The van der Waals surface area contributed by atoms with Gasteiger partial charge in [-0.3, -0.25) is 0 Å². The Morgan fingerprint density at radius 1 is 0.436 bits per heavy atom. The first-order valence-electron chi connectivity index (χ1n) is 28.2. The number of phenols is 1. The molecular weight excluding hydrogens is 975 g/mol. The van der Waals surface area contributed by atoms with Gasteiger partial charge < -0.3 is 52.4 Å². The molecule has 11 nitrogen and oxygen atoms in total. The van der Waals surface area contributed by atoms with E-state index in [1.54, 1.807) is 24.3 Å². The van der Waals surface area contributed by atoms with Gasteiger partial charge >= 0.3 is 35.6 Å². The minimum atomic E-state index is -1.35. The molecule has 10 rings (SSSR count). The van der Waals surface area contributed by atoms with E-state index in [4.69, 9.17) is 52.4 Å². The van der Waals surface area contributed by atoms with Crippen LogP contribution in [0.4, 0.5) is 0 Å². The largest absolute Gasteiger partial charge is 0.508 e. The zero-order valence-corrected chi connectivity index (χ0v) is 48.5. The molecule has 4 saturated heterocycles. The highest BCUT2D eigenvalue weighted by Gasteiger charge is 2.43. The van der Waals surface area contributed by atoms with Gasteiger partial charge in [0.25, 0.3) is 0 Å². The molecule has 426 valence electrons. The molecule has 6 aromatic rings. The first-order valence-corrected chi connectivity index (χ1v) is 28.2. The van der Waals surface area contributed by atoms with Crippen molar-refractivity contribution < 1.29 is 60.9 Å². The topological polar surface area (TPSA) is 135 Å². The Bertz CT molecular complexity index is 2590. The predicted octanol–water partition coefficient (Wildman–Crippen LogP) is 9.66. The van der Waals surface area contributed by atoms with E-state index < -0.39 is 7.12 Å². The van der Waals surface area contributed by atoms with Gasteiger partial charge in [0.15, 0.2) is 0 Å². The van der Waals surface area contributed by atoms with E-state index >= 15 is 0 Å². The molecule has 4 aliphatic rings. The molecule has 0 amide bonds. The SMILES string of the molecule is CCc1ccc(B(O)O)cc1.CCc1ccc(B2OC(C)C(C)(C)O2)cc1.CCc1ccc(B2OC(C)C(C)O2)cc1.CCc1ccc(B2OCC(C)O2)cc1.CCc1ccc(B2OCCO2)cc1.CCc1ccc(O)cc1.[2HH].[2HH].[2HH].[2HH].[2HH].[2HH]. The third kappa shape index (κ3) is 20.6. The summed E-state index contributed by atoms with van der Waals surface area (Å²) in [6, 6.07) is 48.3. The Labute approximate surface area is 478 Å². The molecule has 3 N–H and O–H groups in total. The molecule has 0 aliphatic carbocycles. The molecule has 0 bridgehead atoms. The summed E-state index contributed by atoms with van der Waals surface area (Å²) in [5.74, 6) is 0.340. The average Bonchev–Trinajstić information content (AvgIpc) is 4.37. The molecule has 0 saturated carbocycles. The molecule has 0 aromatic heterocycles. The second-order valence-electron chi connectivity index (χ2n) is 20.4. The van der Waals surface area contributed by atoms with Crippen LogP contribution in [0.1, 0.15) is 125 Å². The van der Waals surface area contributed by atoms with Crippen molar-refractivity contribution >= 4 is 62.9 Å². The second kappa shape index (κ2) is 33.0. The van der Waals surface area contributed by atoms with E-state index in [9.17, 15) is 0 Å². The smallest absolute Gasteiger partial charge is 0.494 e. The zero-order valence-electron chi connectivity index (χ0n) is 48.5. The van der Waals surface area contributed by atoms with Crippen LogP contribution in [0.25, 0.3) is 0 Å². The number of phenolic OH excluding ortho intramolecular Hbond substituents is 1. The Balaban J connectivity index is 0. The minimum absolute atomic E-state index is 0. The van der Waals surface area contributed by atoms with Gasteiger partial charge in [-0.1, -0.05) is 175 Å². The molecule has 4 atom stereocenters. The van der Waals surface area contributed by atoms with Crippen LogP contribution in [-0.4, -0.2) is 101 Å². The van der Waals surface area contributed by atoms with E-state index in [0.29, 0.717) is 31.0 Å². The lowest BCUT2D eigenvalue weighted by Crippen LogP contribution is -2.34. The Morgan fingerprint density at radius 2 is 0.769 bits per heavy atom. The van der Waals surface area contributed by atoms with Crippen molar-refractivity contribution in [2.24, 2.45) is 0 Å². The minimum Gasteiger partial charge on any atom is -0.508 e. The van der Waals surface area contributed by atoms with Crippen molar-refractivity contribution in [1.29, 1.82) is 0 Å². The molecule has 4 unspecified atom stereocenters. The van der Waals surface area contributed by atoms with Crippen LogP contribution in [-0.2, 0) is 75.8 Å². The lowest BCUT2D eigenvalue weighted by atomic mass is 9.79. The first kappa shape index (κ1) is 63.9. The van der Waals surface area contributed by atoms with Crippen LogP contribution in [0, 0.1) is 0 Å². The zero-order chi connectivity index (χ0) is 56.6. The van der Waals surface area contributed by atoms with Crippen LogP contribution in [0.5, 0.6) is 5.75 Å². The van der Waals surface area contributed by atoms with Crippen molar-refractivity contribution in [2.45, 2.75) is 152 Å². The van der Waals surface area contributed by atoms with Crippen LogP contribution in [0.2, 0.25) is 0 Å². The van der Waals surface area contributed by atoms with Crippen LogP contribution in [0.15, 0.2) is 146 Å². The number of hydrogen-bond acceptors (Lipinski definition) is 11. The van der Waals surface area contributed by atoms with Gasteiger partial charge in [-0.15, -0.1) is 0 Å². The average molecular weight is 1080 g/mol. The standard InChI is InChI=1S/C13H19BO2.C12H17BO2.C11H15BO2.C10H13BO2.C8H11BO2.C8H10O.6H2/c1-5-11-6-8-12(9-7-11)14-15-10(2)13(3,4)16-14;1-4-11-5-7-12(8-6-11)13-14-9(2)10(3)15-13;1-3-10-4-6-11(7-5-10)12-13-8-9(2)14-12;1-2-9-3-5-10(6-4-9)11-12-7-8-13-11;1-2-7-3-5-8(6-4-7)9(10)11;1-2-7-3-5-8(9)6-4-7;;;;;;/h6-10H,5H2,1-4H3;5-10H,4H2,1-3H3;4-7,9H,3,8H2,1-2H3;3-6H,2,7-8H2,1H3;3-6,10-11H,2H2,1H3;3-6,9H,2H2,1H3;6*1H/i;;;;;;6*1+1. The highest BCUT2D eigenvalue weighted by atomic mass is 16.7. The molecule has 6 aromatic carbocycles. The number of aromatic hydroxyl groups is 1. The summed E-state index contributed by atoms with van der Waals surface area (Å²) in [7, 11) is -2.03. The molecule has 4 fully saturated rings. The summed E-state index contributed by atoms with van der Waals surface area (Å²) in [5.41, 5.74) is 12.6. The summed E-state index contributed by atoms with van der Waals surface area (Å²) in [6.07, 6.45) is 6.99. The highest BCUT2D eigenvalue weighted by Crippen LogP contribution is 2.27. The fourth-order valence-corrected chi connectivity index (χ4v) is 8.23. The van der Waals surface area contributed by atoms with E-state index in [2.05, 4.69) is 159 Å². The van der Waals surface area contributed by atoms with E-state index in [1.165, 1.54) is 33.4 Å². The highest BCUT2D eigenvalue weighted by molar-refractivity contribution is 6.63. The van der Waals surface area contributed by atoms with Crippen molar-refractivity contribution in [3.8, 4) is 5.75 Å². The van der Waals surface area contributed by atoms with Crippen molar-refractivity contribution in [1.82, 2.24) is 0 Å². The van der Waals surface area contributed by atoms with Gasteiger partial charge in [-0.05, 0) is 153 Å². The van der Waals surface area contributed by atoms with Crippen molar-refractivity contribution in [3.63, 3.8) is 0 Å². The first-order chi connectivity index (χ1) is 37.5. The fraction of sp³-hybridized carbons (Fsp3) is 0.419. The maximum atomic E-state index is 8.85. The van der Waals surface area contributed by atoms with Crippen LogP contribution in [0.3, 0.4) is 0 Å². The molecule has 78 heavy (non-hydrogen) atoms. The van der Waals surface area contributed by atoms with Gasteiger partial charge in [-0.25, -0.2) is 0 Å². The maximum absolute atomic E-state index is 8.85. The molecule has 0 spiro atoms. The summed E-state index contributed by atoms with van der Waals surface area (Å²) >= 11 is 0. The van der Waals surface area contributed by atoms with Crippen LogP contribution >= 0.6 is 0 Å². The van der Waals surface area contributed by atoms with E-state index in [1.807, 2.05) is 45.0 Å². The van der Waals surface area contributed by atoms with Gasteiger partial charge in [0.05, 0.1) is 49.8 Å². The van der Waals surface area contributed by atoms with E-state index in [0.717, 1.165) is 60.4 Å². The van der Waals surface area contributed by atoms with Crippen molar-refractivity contribution in [2.75, 3.05) is 19.8 Å². The summed E-state index contributed by atoms with van der Waals surface area (Å²) in [6.45, 7) is 27.2. The monoisotopic (exact) mass is 1080 g/mol.